The van der Waals surface area contributed by atoms with Gasteiger partial charge in [0.05, 0.1) is 12.7 Å². The van der Waals surface area contributed by atoms with Crippen LogP contribution in [0.3, 0.4) is 0 Å². The Morgan fingerprint density at radius 3 is 2.78 bits per heavy atom. The van der Waals surface area contributed by atoms with Crippen LogP contribution in [0.1, 0.15) is 64.7 Å². The molecular formula is C15H28NO2. The van der Waals surface area contributed by atoms with Crippen molar-refractivity contribution in [2.45, 2.75) is 76.9 Å². The molecule has 105 valence electrons. The van der Waals surface area contributed by atoms with Crippen molar-refractivity contribution < 1.29 is 9.53 Å². The Hall–Kier alpha value is -0.410. The molecule has 1 aliphatic heterocycles. The molecule has 18 heavy (non-hydrogen) atoms. The minimum Gasteiger partial charge on any atom is -0.375 e. The molecule has 1 heterocycles. The summed E-state index contributed by atoms with van der Waals surface area (Å²) in [5.41, 5.74) is 0. The van der Waals surface area contributed by atoms with Crippen LogP contribution in [0.2, 0.25) is 0 Å². The first-order chi connectivity index (χ1) is 8.88. The summed E-state index contributed by atoms with van der Waals surface area (Å²) in [4.78, 5) is 10.2. The Labute approximate surface area is 112 Å². The van der Waals surface area contributed by atoms with Gasteiger partial charge >= 0.3 is 0 Å². The van der Waals surface area contributed by atoms with Crippen LogP contribution < -0.4 is 5.32 Å². The van der Waals surface area contributed by atoms with Crippen LogP contribution in [0, 0.1) is 0 Å². The van der Waals surface area contributed by atoms with Gasteiger partial charge in [-0.15, -0.1) is 0 Å². The van der Waals surface area contributed by atoms with Gasteiger partial charge in [0.25, 0.3) is 0 Å². The monoisotopic (exact) mass is 254 g/mol. The number of morpholine rings is 1. The molecule has 0 aromatic carbocycles. The second-order valence-corrected chi connectivity index (χ2v) is 5.21. The highest BCUT2D eigenvalue weighted by Crippen LogP contribution is 2.18. The highest BCUT2D eigenvalue weighted by molar-refractivity contribution is 5.50. The lowest BCUT2D eigenvalue weighted by molar-refractivity contribution is -0.0126. The molecule has 1 rings (SSSR count). The molecule has 2 atom stereocenters. The van der Waals surface area contributed by atoms with E-state index in [9.17, 15) is 4.79 Å². The maximum absolute atomic E-state index is 10.2. The average molecular weight is 254 g/mol. The average Bonchev–Trinajstić information content (AvgIpc) is 2.41. The maximum Gasteiger partial charge on any atom is 0.198 e. The van der Waals surface area contributed by atoms with Crippen molar-refractivity contribution in [2.24, 2.45) is 0 Å². The van der Waals surface area contributed by atoms with Crippen molar-refractivity contribution in [1.82, 2.24) is 5.32 Å². The molecule has 1 aliphatic rings. The highest BCUT2D eigenvalue weighted by Gasteiger charge is 2.24. The number of hydrogen-bond donors (Lipinski definition) is 1. The van der Waals surface area contributed by atoms with Crippen molar-refractivity contribution in [3.63, 3.8) is 0 Å². The normalized spacial score (nSPS) is 24.1. The first kappa shape index (κ1) is 15.6. The smallest absolute Gasteiger partial charge is 0.198 e. The van der Waals surface area contributed by atoms with Gasteiger partial charge in [-0.1, -0.05) is 39.0 Å². The number of unbranched alkanes of at least 4 members (excludes halogenated alkanes) is 5. The second kappa shape index (κ2) is 10.5. The number of hydrogen-bond acceptors (Lipinski definition) is 3. The summed E-state index contributed by atoms with van der Waals surface area (Å²) >= 11 is 0. The van der Waals surface area contributed by atoms with Gasteiger partial charge in [-0.05, 0) is 19.3 Å². The predicted octanol–water partition coefficient (Wildman–Crippen LogP) is 2.98. The van der Waals surface area contributed by atoms with Gasteiger partial charge in [0, 0.05) is 19.0 Å². The Morgan fingerprint density at radius 2 is 2.00 bits per heavy atom. The molecule has 0 bridgehead atoms. The first-order valence-electron chi connectivity index (χ1n) is 7.58. The molecule has 1 saturated heterocycles. The van der Waals surface area contributed by atoms with E-state index in [0.717, 1.165) is 32.4 Å². The van der Waals surface area contributed by atoms with Gasteiger partial charge < -0.3 is 10.1 Å². The molecule has 1 N–H and O–H groups in total. The lowest BCUT2D eigenvalue weighted by atomic mass is 9.97. The summed E-state index contributed by atoms with van der Waals surface area (Å²) in [6.07, 6.45) is 12.5. The summed E-state index contributed by atoms with van der Waals surface area (Å²) in [6, 6.07) is 0.493. The summed E-state index contributed by atoms with van der Waals surface area (Å²) in [5.74, 6) is 0. The fourth-order valence-electron chi connectivity index (χ4n) is 2.61. The van der Waals surface area contributed by atoms with Crippen molar-refractivity contribution in [3.8, 4) is 0 Å². The van der Waals surface area contributed by atoms with Crippen LogP contribution in [0.5, 0.6) is 0 Å². The van der Waals surface area contributed by atoms with E-state index in [-0.39, 0.29) is 0 Å². The number of carbonyl (C=O) groups excluding carboxylic acids is 1. The van der Waals surface area contributed by atoms with E-state index in [0.29, 0.717) is 18.6 Å². The van der Waals surface area contributed by atoms with E-state index < -0.39 is 0 Å². The van der Waals surface area contributed by atoms with E-state index in [1.54, 1.807) is 0 Å². The topological polar surface area (TPSA) is 38.3 Å². The molecule has 3 heteroatoms. The quantitative estimate of drug-likeness (QED) is 0.609. The lowest BCUT2D eigenvalue weighted by Crippen LogP contribution is -2.48. The van der Waals surface area contributed by atoms with Crippen molar-refractivity contribution in [2.75, 3.05) is 13.2 Å². The molecule has 1 fully saturated rings. The predicted molar refractivity (Wildman–Crippen MR) is 74.5 cm³/mol. The zero-order valence-corrected chi connectivity index (χ0v) is 11.7. The van der Waals surface area contributed by atoms with E-state index in [2.05, 4.69) is 12.2 Å². The summed E-state index contributed by atoms with van der Waals surface area (Å²) < 4.78 is 5.89. The van der Waals surface area contributed by atoms with Crippen LogP contribution >= 0.6 is 0 Å². The largest absolute Gasteiger partial charge is 0.375 e. The Kier molecular flexibility index (Phi) is 9.13. The zero-order valence-electron chi connectivity index (χ0n) is 11.7. The van der Waals surface area contributed by atoms with Crippen molar-refractivity contribution in [3.05, 3.63) is 0 Å². The van der Waals surface area contributed by atoms with Crippen LogP contribution in [0.15, 0.2) is 0 Å². The molecular weight excluding hydrogens is 226 g/mol. The van der Waals surface area contributed by atoms with Crippen LogP contribution in [-0.4, -0.2) is 31.6 Å². The molecule has 0 spiro atoms. The molecule has 0 amide bonds. The zero-order chi connectivity index (χ0) is 13.1. The van der Waals surface area contributed by atoms with Crippen LogP contribution in [0.25, 0.3) is 0 Å². The van der Waals surface area contributed by atoms with E-state index in [1.807, 2.05) is 6.29 Å². The Balaban J connectivity index is 2.17. The fraction of sp³-hybridized carbons (Fsp3) is 0.933. The van der Waals surface area contributed by atoms with Crippen molar-refractivity contribution >= 4 is 6.29 Å². The SMILES string of the molecule is CCCCCCC1OCCNC1CCCC[C]=O. The van der Waals surface area contributed by atoms with Crippen LogP contribution in [-0.2, 0) is 9.53 Å². The summed E-state index contributed by atoms with van der Waals surface area (Å²) in [5, 5.41) is 3.56. The number of nitrogens with one attached hydrogen (secondary N) is 1. The van der Waals surface area contributed by atoms with Gasteiger partial charge in [0.15, 0.2) is 6.29 Å². The van der Waals surface area contributed by atoms with Gasteiger partial charge in [-0.25, -0.2) is 0 Å². The van der Waals surface area contributed by atoms with E-state index in [4.69, 9.17) is 4.74 Å². The third-order valence-electron chi connectivity index (χ3n) is 3.68. The van der Waals surface area contributed by atoms with Gasteiger partial charge in [-0.2, -0.15) is 0 Å². The fourth-order valence-corrected chi connectivity index (χ4v) is 2.61. The molecule has 0 aromatic heterocycles. The molecule has 3 nitrogen and oxygen atoms in total. The number of ether oxygens (including phenoxy) is 1. The minimum atomic E-state index is 0.385. The Morgan fingerprint density at radius 1 is 1.17 bits per heavy atom. The summed E-state index contributed by atoms with van der Waals surface area (Å²) in [6.45, 7) is 4.05. The molecule has 0 saturated carbocycles. The molecule has 0 aromatic rings. The lowest BCUT2D eigenvalue weighted by Gasteiger charge is -2.33. The minimum absolute atomic E-state index is 0.385. The van der Waals surface area contributed by atoms with E-state index in [1.165, 1.54) is 32.1 Å². The number of rotatable bonds is 10. The maximum atomic E-state index is 10.2. The van der Waals surface area contributed by atoms with Crippen molar-refractivity contribution in [1.29, 1.82) is 0 Å². The first-order valence-corrected chi connectivity index (χ1v) is 7.58. The second-order valence-electron chi connectivity index (χ2n) is 5.21. The molecule has 0 aliphatic carbocycles. The standard InChI is InChI=1S/C15H28NO2/c1-2-3-4-7-10-15-14(16-11-13-18-15)9-6-5-8-12-17/h14-16H,2-11,13H2,1H3. The van der Waals surface area contributed by atoms with E-state index >= 15 is 0 Å². The third-order valence-corrected chi connectivity index (χ3v) is 3.68. The third kappa shape index (κ3) is 6.50. The molecule has 1 radical (unpaired) electrons. The Bertz CT molecular complexity index is 209. The molecule has 2 unspecified atom stereocenters. The van der Waals surface area contributed by atoms with Gasteiger partial charge in [0.1, 0.15) is 0 Å². The highest BCUT2D eigenvalue weighted by atomic mass is 16.5. The van der Waals surface area contributed by atoms with Crippen LogP contribution in [0.4, 0.5) is 0 Å². The summed E-state index contributed by atoms with van der Waals surface area (Å²) in [7, 11) is 0. The van der Waals surface area contributed by atoms with Gasteiger partial charge in [0.2, 0.25) is 0 Å². The van der Waals surface area contributed by atoms with Gasteiger partial charge in [-0.3, -0.25) is 4.79 Å².